The number of carboxylic acid groups (broad SMARTS) is 1. The summed E-state index contributed by atoms with van der Waals surface area (Å²) < 4.78 is 1.59. The van der Waals surface area contributed by atoms with E-state index in [0.29, 0.717) is 0 Å². The summed E-state index contributed by atoms with van der Waals surface area (Å²) in [7, 11) is 2.09. The number of aliphatic carboxylic acids is 1. The molecule has 0 aromatic carbocycles. The molecule has 1 N–H and O–H groups in total. The number of rotatable bonds is 6. The smallest absolute Gasteiger partial charge is 0.325 e. The first-order valence-electron chi connectivity index (χ1n) is 7.46. The van der Waals surface area contributed by atoms with Crippen LogP contribution in [-0.4, -0.2) is 56.3 Å². The molecule has 0 spiro atoms. The van der Waals surface area contributed by atoms with Crippen LogP contribution in [0, 0.1) is 0 Å². The van der Waals surface area contributed by atoms with Crippen LogP contribution in [0.3, 0.4) is 0 Å². The zero-order valence-electron chi connectivity index (χ0n) is 12.8. The van der Waals surface area contributed by atoms with Gasteiger partial charge in [-0.2, -0.15) is 16.9 Å². The van der Waals surface area contributed by atoms with Crippen molar-refractivity contribution in [1.82, 2.24) is 19.7 Å². The van der Waals surface area contributed by atoms with Gasteiger partial charge in [0.15, 0.2) is 5.82 Å². The lowest BCUT2D eigenvalue weighted by Gasteiger charge is -2.24. The minimum absolute atomic E-state index is 0.105. The van der Waals surface area contributed by atoms with Crippen molar-refractivity contribution in [1.29, 1.82) is 0 Å². The maximum Gasteiger partial charge on any atom is 0.325 e. The molecule has 1 atom stereocenters. The summed E-state index contributed by atoms with van der Waals surface area (Å²) in [5.41, 5.74) is 0. The van der Waals surface area contributed by atoms with Crippen molar-refractivity contribution in [2.24, 2.45) is 0 Å². The number of likely N-dealkylation sites (tertiary alicyclic amines) is 1. The Balaban J connectivity index is 2.25. The molecule has 1 fully saturated rings. The van der Waals surface area contributed by atoms with Crippen LogP contribution in [0.15, 0.2) is 0 Å². The molecule has 6 nitrogen and oxygen atoms in total. The highest BCUT2D eigenvalue weighted by Crippen LogP contribution is 2.27. The molecule has 1 aliphatic rings. The lowest BCUT2D eigenvalue weighted by atomic mass is 10.1. The number of carbonyl (C=O) groups is 1. The molecule has 118 valence electrons. The highest BCUT2D eigenvalue weighted by Gasteiger charge is 2.26. The fraction of sp³-hybridized carbons (Fsp3) is 0.786. The molecule has 0 unspecified atom stereocenters. The number of nitrogens with zero attached hydrogens (tertiary/aromatic N) is 4. The van der Waals surface area contributed by atoms with E-state index in [2.05, 4.69) is 22.0 Å². The van der Waals surface area contributed by atoms with E-state index in [-0.39, 0.29) is 12.6 Å². The minimum Gasteiger partial charge on any atom is -0.480 e. The zero-order chi connectivity index (χ0) is 15.2. The lowest BCUT2D eigenvalue weighted by Crippen LogP contribution is -2.28. The van der Waals surface area contributed by atoms with Gasteiger partial charge >= 0.3 is 5.97 Å². The van der Waals surface area contributed by atoms with Crippen molar-refractivity contribution in [2.75, 3.05) is 25.6 Å². The second-order valence-electron chi connectivity index (χ2n) is 5.53. The lowest BCUT2D eigenvalue weighted by molar-refractivity contribution is -0.138. The first-order valence-corrected chi connectivity index (χ1v) is 8.85. The molecule has 1 aliphatic heterocycles. The Morgan fingerprint density at radius 2 is 2.24 bits per heavy atom. The molecule has 1 saturated heterocycles. The van der Waals surface area contributed by atoms with Gasteiger partial charge in [-0.25, -0.2) is 9.67 Å². The van der Waals surface area contributed by atoms with E-state index >= 15 is 0 Å². The fourth-order valence-electron chi connectivity index (χ4n) is 2.77. The zero-order valence-corrected chi connectivity index (χ0v) is 13.6. The Morgan fingerprint density at radius 3 is 2.95 bits per heavy atom. The van der Waals surface area contributed by atoms with Gasteiger partial charge in [-0.05, 0) is 32.7 Å². The maximum atomic E-state index is 11.1. The van der Waals surface area contributed by atoms with Crippen molar-refractivity contribution >= 4 is 17.7 Å². The quantitative estimate of drug-likeness (QED) is 0.864. The van der Waals surface area contributed by atoms with Gasteiger partial charge in [0.1, 0.15) is 12.4 Å². The highest BCUT2D eigenvalue weighted by molar-refractivity contribution is 7.98. The van der Waals surface area contributed by atoms with Gasteiger partial charge in [0, 0.05) is 12.2 Å². The van der Waals surface area contributed by atoms with Crippen molar-refractivity contribution in [3.05, 3.63) is 11.6 Å². The third-order valence-corrected chi connectivity index (χ3v) is 4.49. The van der Waals surface area contributed by atoms with Gasteiger partial charge < -0.3 is 5.11 Å². The average molecular weight is 312 g/mol. The Morgan fingerprint density at radius 1 is 1.43 bits per heavy atom. The number of carboxylic acids is 1. The molecule has 0 radical (unpaired) electrons. The molecule has 0 bridgehead atoms. The van der Waals surface area contributed by atoms with Crippen LogP contribution < -0.4 is 0 Å². The van der Waals surface area contributed by atoms with Crippen molar-refractivity contribution in [3.63, 3.8) is 0 Å². The summed E-state index contributed by atoms with van der Waals surface area (Å²) in [5.74, 6) is 1.67. The first kappa shape index (κ1) is 16.3. The van der Waals surface area contributed by atoms with Crippen LogP contribution in [-0.2, 0) is 17.8 Å². The summed E-state index contributed by atoms with van der Waals surface area (Å²) in [6.45, 7) is 0.927. The van der Waals surface area contributed by atoms with Crippen molar-refractivity contribution < 1.29 is 9.90 Å². The van der Waals surface area contributed by atoms with Crippen LogP contribution >= 0.6 is 11.8 Å². The average Bonchev–Trinajstić information content (AvgIpc) is 2.69. The molecule has 0 aliphatic carbocycles. The number of aromatic nitrogens is 3. The SMILES string of the molecule is CSCCc1nc([C@@H]2CCCCCN2C)n(CC(=O)O)n1. The van der Waals surface area contributed by atoms with E-state index in [1.807, 2.05) is 6.26 Å². The normalized spacial score (nSPS) is 20.4. The summed E-state index contributed by atoms with van der Waals surface area (Å²) >= 11 is 1.75. The van der Waals surface area contributed by atoms with Crippen LogP contribution in [0.25, 0.3) is 0 Å². The molecular weight excluding hydrogens is 288 g/mol. The molecular formula is C14H24N4O2S. The van der Waals surface area contributed by atoms with Gasteiger partial charge in [0.05, 0.1) is 6.04 Å². The topological polar surface area (TPSA) is 71.2 Å². The standard InChI is InChI=1S/C14H24N4O2S/c1-17-8-5-3-4-6-11(17)14-15-12(7-9-21-2)16-18(14)10-13(19)20/h11H,3-10H2,1-2H3,(H,19,20)/t11-/m0/s1. The van der Waals surface area contributed by atoms with Gasteiger partial charge in [0.25, 0.3) is 0 Å². The van der Waals surface area contributed by atoms with Crippen molar-refractivity contribution in [3.8, 4) is 0 Å². The van der Waals surface area contributed by atoms with Gasteiger partial charge in [-0.1, -0.05) is 12.8 Å². The summed E-state index contributed by atoms with van der Waals surface area (Å²) in [6, 6.07) is 0.183. The second-order valence-corrected chi connectivity index (χ2v) is 6.51. The van der Waals surface area contributed by atoms with Crippen LogP contribution in [0.5, 0.6) is 0 Å². The molecule has 2 rings (SSSR count). The molecule has 21 heavy (non-hydrogen) atoms. The van der Waals surface area contributed by atoms with E-state index in [9.17, 15) is 4.79 Å². The molecule has 0 saturated carbocycles. The second kappa shape index (κ2) is 7.79. The van der Waals surface area contributed by atoms with E-state index in [4.69, 9.17) is 5.11 Å². The molecule has 1 aromatic rings. The predicted molar refractivity (Wildman–Crippen MR) is 83.6 cm³/mol. The van der Waals surface area contributed by atoms with Crippen molar-refractivity contribution in [2.45, 2.75) is 44.7 Å². The largest absolute Gasteiger partial charge is 0.480 e. The molecule has 7 heteroatoms. The van der Waals surface area contributed by atoms with Gasteiger partial charge in [-0.15, -0.1) is 0 Å². The third kappa shape index (κ3) is 4.44. The van der Waals surface area contributed by atoms with E-state index in [1.165, 1.54) is 12.8 Å². The third-order valence-electron chi connectivity index (χ3n) is 3.88. The van der Waals surface area contributed by atoms with Crippen LogP contribution in [0.4, 0.5) is 0 Å². The van der Waals surface area contributed by atoms with E-state index in [1.54, 1.807) is 16.4 Å². The summed E-state index contributed by atoms with van der Waals surface area (Å²) in [4.78, 5) is 18.0. The molecule has 2 heterocycles. The summed E-state index contributed by atoms with van der Waals surface area (Å²) in [5, 5.41) is 13.5. The van der Waals surface area contributed by atoms with E-state index in [0.717, 1.165) is 43.2 Å². The van der Waals surface area contributed by atoms with Crippen LogP contribution in [0.2, 0.25) is 0 Å². The monoisotopic (exact) mass is 312 g/mol. The maximum absolute atomic E-state index is 11.1. The Kier molecular flexibility index (Phi) is 6.05. The number of aryl methyl sites for hydroxylation is 1. The number of hydrogen-bond acceptors (Lipinski definition) is 5. The first-order chi connectivity index (χ1) is 10.1. The van der Waals surface area contributed by atoms with Crippen LogP contribution in [0.1, 0.15) is 43.4 Å². The molecule has 1 aromatic heterocycles. The summed E-state index contributed by atoms with van der Waals surface area (Å²) in [6.07, 6.45) is 7.45. The Bertz CT molecular complexity index is 478. The van der Waals surface area contributed by atoms with E-state index < -0.39 is 5.97 Å². The molecule has 0 amide bonds. The fourth-order valence-corrected chi connectivity index (χ4v) is 3.16. The highest BCUT2D eigenvalue weighted by atomic mass is 32.2. The van der Waals surface area contributed by atoms with Gasteiger partial charge in [0.2, 0.25) is 0 Å². The Hall–Kier alpha value is -1.08. The van der Waals surface area contributed by atoms with Gasteiger partial charge in [-0.3, -0.25) is 9.69 Å². The number of thioether (sulfide) groups is 1. The Labute approximate surface area is 129 Å². The number of hydrogen-bond donors (Lipinski definition) is 1. The predicted octanol–water partition coefficient (Wildman–Crippen LogP) is 1.82. The minimum atomic E-state index is -0.867.